The molecule has 0 saturated heterocycles. The predicted molar refractivity (Wildman–Crippen MR) is 50.3 cm³/mol. The summed E-state index contributed by atoms with van der Waals surface area (Å²) in [7, 11) is -4.54. The molecule has 0 amide bonds. The molecule has 1 N–H and O–H groups in total. The molecular formula is C8H5N2NaO4S. The van der Waals surface area contributed by atoms with Crippen molar-refractivity contribution < 1.29 is 42.5 Å². The van der Waals surface area contributed by atoms with Gasteiger partial charge >= 0.3 is 29.6 Å². The molecule has 0 radical (unpaired) electrons. The van der Waals surface area contributed by atoms with Gasteiger partial charge in [-0.25, -0.2) is 13.4 Å². The van der Waals surface area contributed by atoms with Crippen molar-refractivity contribution in [2.45, 2.75) is 4.90 Å². The maximum atomic E-state index is 11.3. The van der Waals surface area contributed by atoms with Crippen molar-refractivity contribution in [1.29, 1.82) is 0 Å². The molecule has 16 heavy (non-hydrogen) atoms. The summed E-state index contributed by atoms with van der Waals surface area (Å²) in [6.07, 6.45) is 1.20. The second kappa shape index (κ2) is 4.64. The molecule has 6 nitrogen and oxygen atoms in total. The van der Waals surface area contributed by atoms with Crippen molar-refractivity contribution in [3.63, 3.8) is 0 Å². The maximum absolute atomic E-state index is 11.3. The Morgan fingerprint density at radius 3 is 2.62 bits per heavy atom. The van der Waals surface area contributed by atoms with E-state index in [0.29, 0.717) is 5.52 Å². The van der Waals surface area contributed by atoms with E-state index in [-0.39, 0.29) is 34.9 Å². The molecule has 0 saturated carbocycles. The monoisotopic (exact) mass is 248 g/mol. The van der Waals surface area contributed by atoms with Gasteiger partial charge in [-0.1, -0.05) is 0 Å². The van der Waals surface area contributed by atoms with Gasteiger partial charge in [0.2, 0.25) is 0 Å². The Morgan fingerprint density at radius 1 is 1.31 bits per heavy atom. The van der Waals surface area contributed by atoms with E-state index in [9.17, 15) is 17.8 Å². The molecule has 0 aliphatic rings. The first-order chi connectivity index (χ1) is 6.98. The van der Waals surface area contributed by atoms with Crippen LogP contribution in [0.1, 0.15) is 0 Å². The van der Waals surface area contributed by atoms with Crippen LogP contribution in [-0.4, -0.2) is 22.9 Å². The van der Waals surface area contributed by atoms with Crippen molar-refractivity contribution in [3.8, 4) is 0 Å². The molecular weight excluding hydrogens is 243 g/mol. The van der Waals surface area contributed by atoms with Crippen molar-refractivity contribution in [2.75, 3.05) is 0 Å². The minimum Gasteiger partial charge on any atom is -0.744 e. The van der Waals surface area contributed by atoms with Crippen molar-refractivity contribution in [2.24, 2.45) is 0 Å². The summed E-state index contributed by atoms with van der Waals surface area (Å²) in [5.74, 6) is 0. The van der Waals surface area contributed by atoms with Crippen molar-refractivity contribution in [3.05, 3.63) is 34.9 Å². The zero-order chi connectivity index (χ0) is 11.1. The van der Waals surface area contributed by atoms with Gasteiger partial charge in [-0.3, -0.25) is 4.79 Å². The number of benzene rings is 1. The summed E-state index contributed by atoms with van der Waals surface area (Å²) in [6.45, 7) is 0. The number of nitrogens with one attached hydrogen (secondary N) is 1. The van der Waals surface area contributed by atoms with E-state index >= 15 is 0 Å². The minimum atomic E-state index is -4.54. The van der Waals surface area contributed by atoms with E-state index in [4.69, 9.17) is 0 Å². The van der Waals surface area contributed by atoms with Crippen LogP contribution < -0.4 is 35.1 Å². The first-order valence-electron chi connectivity index (χ1n) is 3.92. The Hall–Kier alpha value is -0.730. The Bertz CT molecular complexity index is 680. The second-order valence-corrected chi connectivity index (χ2v) is 4.24. The minimum absolute atomic E-state index is 0. The number of H-pyrrole nitrogens is 1. The number of fused-ring (bicyclic) bond motifs is 1. The van der Waals surface area contributed by atoms with E-state index in [0.717, 1.165) is 12.1 Å². The van der Waals surface area contributed by atoms with Crippen molar-refractivity contribution in [1.82, 2.24) is 9.97 Å². The van der Waals surface area contributed by atoms with Gasteiger partial charge in [0.1, 0.15) is 10.1 Å². The molecule has 8 heteroatoms. The van der Waals surface area contributed by atoms with Gasteiger partial charge in [-0.05, 0) is 18.2 Å². The molecule has 2 rings (SSSR count). The van der Waals surface area contributed by atoms with Crippen LogP contribution in [0, 0.1) is 0 Å². The Morgan fingerprint density at radius 2 is 2.00 bits per heavy atom. The van der Waals surface area contributed by atoms with Crippen LogP contribution >= 0.6 is 0 Å². The number of hydrogen-bond donors (Lipinski definition) is 1. The number of nitrogens with zero attached hydrogens (tertiary/aromatic N) is 1. The quantitative estimate of drug-likeness (QED) is 0.423. The van der Waals surface area contributed by atoms with Gasteiger partial charge in [-0.15, -0.1) is 0 Å². The maximum Gasteiger partial charge on any atom is 1.00 e. The summed E-state index contributed by atoms with van der Waals surface area (Å²) >= 11 is 0. The first-order valence-corrected chi connectivity index (χ1v) is 5.33. The molecule has 0 atom stereocenters. The largest absolute Gasteiger partial charge is 1.00 e. The molecule has 1 aromatic heterocycles. The van der Waals surface area contributed by atoms with E-state index in [1.54, 1.807) is 0 Å². The third-order valence-electron chi connectivity index (χ3n) is 1.90. The number of aromatic amines is 1. The molecule has 0 bridgehead atoms. The fourth-order valence-electron chi connectivity index (χ4n) is 1.20. The number of rotatable bonds is 1. The fraction of sp³-hybridized carbons (Fsp3) is 0. The Labute approximate surface area is 113 Å². The summed E-state index contributed by atoms with van der Waals surface area (Å²) in [4.78, 5) is 16.9. The van der Waals surface area contributed by atoms with Crippen LogP contribution in [0.5, 0.6) is 0 Å². The molecule has 0 fully saturated rings. The number of aromatic nitrogens is 2. The van der Waals surface area contributed by atoms with Crippen molar-refractivity contribution >= 4 is 21.0 Å². The van der Waals surface area contributed by atoms with Gasteiger partial charge in [0.25, 0.3) is 5.56 Å². The van der Waals surface area contributed by atoms with Gasteiger partial charge in [0.15, 0.2) is 0 Å². The molecule has 0 unspecified atom stereocenters. The van der Waals surface area contributed by atoms with Crippen LogP contribution in [0.4, 0.5) is 0 Å². The van der Waals surface area contributed by atoms with Gasteiger partial charge < -0.3 is 9.54 Å². The molecule has 2 aromatic rings. The van der Waals surface area contributed by atoms with Gasteiger partial charge in [-0.2, -0.15) is 0 Å². The van der Waals surface area contributed by atoms with E-state index in [1.807, 2.05) is 0 Å². The average molecular weight is 248 g/mol. The van der Waals surface area contributed by atoms with Crippen LogP contribution in [0.25, 0.3) is 10.9 Å². The normalized spacial score (nSPS) is 11.1. The molecule has 1 aromatic carbocycles. The fourth-order valence-corrected chi connectivity index (χ4v) is 1.70. The molecule has 1 heterocycles. The topological polar surface area (TPSA) is 103 Å². The smallest absolute Gasteiger partial charge is 0.744 e. The van der Waals surface area contributed by atoms with Crippen LogP contribution in [0.3, 0.4) is 0 Å². The third kappa shape index (κ3) is 2.50. The molecule has 0 spiro atoms. The standard InChI is InChI=1S/C8H6N2O4S.Na/c11-8-6-3-5(15(12,13)14)1-2-7(6)9-4-10-8;/h1-4H,(H,9,10,11)(H,12,13,14);/q;+1/p-1. The van der Waals surface area contributed by atoms with Crippen LogP contribution in [0.15, 0.2) is 34.2 Å². The Balaban J connectivity index is 0.00000128. The molecule has 78 valence electrons. The van der Waals surface area contributed by atoms with Gasteiger partial charge in [0.05, 0.1) is 22.1 Å². The van der Waals surface area contributed by atoms with Gasteiger partial charge in [0, 0.05) is 0 Å². The SMILES string of the molecule is O=c1[nH]cnc2ccc(S(=O)(=O)[O-])cc12.[Na+]. The molecule has 0 aliphatic heterocycles. The first kappa shape index (κ1) is 13.3. The Kier molecular flexibility index (Phi) is 3.87. The molecule has 0 aliphatic carbocycles. The summed E-state index contributed by atoms with van der Waals surface area (Å²) in [5, 5.41) is 0.0782. The average Bonchev–Trinajstić information content (AvgIpc) is 2.16. The van der Waals surface area contributed by atoms with Crippen LogP contribution in [-0.2, 0) is 10.1 Å². The summed E-state index contributed by atoms with van der Waals surface area (Å²) in [5.41, 5.74) is -0.142. The van der Waals surface area contributed by atoms with E-state index in [2.05, 4.69) is 9.97 Å². The van der Waals surface area contributed by atoms with Crippen LogP contribution in [0.2, 0.25) is 0 Å². The predicted octanol–water partition coefficient (Wildman–Crippen LogP) is -3.17. The number of hydrogen-bond acceptors (Lipinski definition) is 5. The second-order valence-electron chi connectivity index (χ2n) is 2.86. The van der Waals surface area contributed by atoms with E-state index < -0.39 is 20.6 Å². The zero-order valence-corrected chi connectivity index (χ0v) is 11.1. The van der Waals surface area contributed by atoms with E-state index in [1.165, 1.54) is 12.4 Å². The third-order valence-corrected chi connectivity index (χ3v) is 2.73. The summed E-state index contributed by atoms with van der Waals surface area (Å²) < 4.78 is 32.1. The summed E-state index contributed by atoms with van der Waals surface area (Å²) in [6, 6.07) is 3.45. The zero-order valence-electron chi connectivity index (χ0n) is 8.30.